The van der Waals surface area contributed by atoms with Gasteiger partial charge in [-0.25, -0.2) is 4.98 Å². The number of hydrogen-bond acceptors (Lipinski definition) is 8. The van der Waals surface area contributed by atoms with Crippen molar-refractivity contribution in [2.75, 3.05) is 13.1 Å². The highest BCUT2D eigenvalue weighted by atomic mass is 16.2. The van der Waals surface area contributed by atoms with Gasteiger partial charge in [-0.3, -0.25) is 24.0 Å². The average molecular weight is 618 g/mol. The van der Waals surface area contributed by atoms with Crippen molar-refractivity contribution in [3.8, 4) is 0 Å². The summed E-state index contributed by atoms with van der Waals surface area (Å²) in [5.41, 5.74) is 13.3. The number of amides is 4. The molecule has 4 unspecified atom stereocenters. The number of carbonyl (C=O) groups excluding carboxylic acids is 5. The molecule has 1 heterocycles. The number of aromatic nitrogens is 2. The maximum Gasteiger partial charge on any atom is 0.243 e. The van der Waals surface area contributed by atoms with Crippen LogP contribution in [-0.2, 0) is 43.2 Å². The third kappa shape index (κ3) is 12.0. The van der Waals surface area contributed by atoms with Gasteiger partial charge in [-0.15, -0.1) is 0 Å². The molecular weight excluding hydrogens is 576 g/mol. The highest BCUT2D eigenvalue weighted by Gasteiger charge is 2.30. The summed E-state index contributed by atoms with van der Waals surface area (Å²) < 4.78 is 0. The van der Waals surface area contributed by atoms with Gasteiger partial charge in [0, 0.05) is 25.5 Å². The van der Waals surface area contributed by atoms with Crippen LogP contribution in [0.5, 0.6) is 0 Å². The number of rotatable bonds is 19. The molecule has 0 aliphatic rings. The largest absolute Gasteiger partial charge is 0.351 e. The quantitative estimate of drug-likeness (QED) is 0.0875. The molecule has 0 spiro atoms. The molecule has 45 heavy (non-hydrogen) atoms. The van der Waals surface area contributed by atoms with Crippen LogP contribution in [0.4, 0.5) is 0 Å². The number of aromatic amines is 1. The first-order chi connectivity index (χ1) is 21.8. The van der Waals surface area contributed by atoms with E-state index in [4.69, 9.17) is 11.5 Å². The third-order valence-corrected chi connectivity index (χ3v) is 7.04. The Labute approximate surface area is 262 Å². The normalized spacial score (nSPS) is 13.5. The smallest absolute Gasteiger partial charge is 0.243 e. The number of nitrogens with zero attached hydrogens (tertiary/aromatic N) is 1. The number of imidazole rings is 1. The van der Waals surface area contributed by atoms with Gasteiger partial charge in [-0.2, -0.15) is 0 Å². The molecule has 0 saturated heterocycles. The molecule has 2 aromatic carbocycles. The van der Waals surface area contributed by atoms with Crippen molar-refractivity contribution in [2.45, 2.75) is 62.7 Å². The Kier molecular flexibility index (Phi) is 14.4. The van der Waals surface area contributed by atoms with Crippen LogP contribution >= 0.6 is 0 Å². The van der Waals surface area contributed by atoms with Crippen LogP contribution in [0.25, 0.3) is 0 Å². The topological polar surface area (TPSA) is 214 Å². The molecule has 13 nitrogen and oxygen atoms in total. The zero-order valence-electron chi connectivity index (χ0n) is 25.0. The summed E-state index contributed by atoms with van der Waals surface area (Å²) in [6.07, 6.45) is 6.68. The van der Waals surface area contributed by atoms with E-state index in [2.05, 4.69) is 31.2 Å². The minimum absolute atomic E-state index is 0.0578. The molecule has 4 atom stereocenters. The third-order valence-electron chi connectivity index (χ3n) is 7.04. The van der Waals surface area contributed by atoms with Crippen molar-refractivity contribution in [3.05, 3.63) is 90.0 Å². The molecule has 0 aliphatic heterocycles. The fraction of sp³-hybridized carbons (Fsp3) is 0.375. The van der Waals surface area contributed by atoms with E-state index in [1.54, 1.807) is 6.20 Å². The number of H-pyrrole nitrogens is 1. The Balaban J connectivity index is 1.79. The predicted octanol–water partition coefficient (Wildman–Crippen LogP) is -0.426. The van der Waals surface area contributed by atoms with E-state index in [1.165, 1.54) is 6.33 Å². The lowest BCUT2D eigenvalue weighted by Crippen LogP contribution is -2.58. The van der Waals surface area contributed by atoms with Crippen molar-refractivity contribution in [1.29, 1.82) is 0 Å². The molecule has 0 bridgehead atoms. The summed E-state index contributed by atoms with van der Waals surface area (Å²) >= 11 is 0. The summed E-state index contributed by atoms with van der Waals surface area (Å²) in [5, 5.41) is 10.8. The maximum absolute atomic E-state index is 13.7. The maximum atomic E-state index is 13.7. The molecule has 1 radical (unpaired) electrons. The van der Waals surface area contributed by atoms with Gasteiger partial charge in [-0.1, -0.05) is 60.7 Å². The van der Waals surface area contributed by atoms with Gasteiger partial charge in [0.05, 0.1) is 24.6 Å². The lowest BCUT2D eigenvalue weighted by molar-refractivity contribution is -0.133. The SMILES string of the molecule is NCCCCC(NC(=O)C(Cc1c[nH]cn1)NC(=O)CN)C(=O)NC(Cc1ccccc1)C(=O)NC([C]=O)Cc1ccccc1. The lowest BCUT2D eigenvalue weighted by Gasteiger charge is -2.26. The minimum Gasteiger partial charge on any atom is -0.351 e. The zero-order valence-corrected chi connectivity index (χ0v) is 25.0. The Morgan fingerprint density at radius 3 is 1.89 bits per heavy atom. The van der Waals surface area contributed by atoms with Gasteiger partial charge in [-0.05, 0) is 36.9 Å². The van der Waals surface area contributed by atoms with Crippen LogP contribution in [-0.4, -0.2) is 77.1 Å². The fourth-order valence-corrected chi connectivity index (χ4v) is 4.68. The van der Waals surface area contributed by atoms with Gasteiger partial charge >= 0.3 is 0 Å². The predicted molar refractivity (Wildman–Crippen MR) is 168 cm³/mol. The summed E-state index contributed by atoms with van der Waals surface area (Å²) in [7, 11) is 0. The van der Waals surface area contributed by atoms with Crippen molar-refractivity contribution < 1.29 is 24.0 Å². The summed E-state index contributed by atoms with van der Waals surface area (Å²) in [5.74, 6) is -2.34. The molecule has 0 aliphatic carbocycles. The second-order valence-corrected chi connectivity index (χ2v) is 10.6. The molecule has 3 aromatic rings. The van der Waals surface area contributed by atoms with Gasteiger partial charge in [0.15, 0.2) is 0 Å². The summed E-state index contributed by atoms with van der Waals surface area (Å²) in [4.78, 5) is 71.4. The lowest BCUT2D eigenvalue weighted by atomic mass is 10.0. The molecule has 239 valence electrons. The van der Waals surface area contributed by atoms with Crippen LogP contribution in [0.1, 0.15) is 36.1 Å². The Morgan fingerprint density at radius 2 is 1.31 bits per heavy atom. The minimum atomic E-state index is -1.07. The van der Waals surface area contributed by atoms with Gasteiger partial charge < -0.3 is 37.7 Å². The molecule has 0 fully saturated rings. The average Bonchev–Trinajstić information content (AvgIpc) is 3.57. The van der Waals surface area contributed by atoms with E-state index < -0.39 is 47.8 Å². The van der Waals surface area contributed by atoms with Crippen LogP contribution in [0.2, 0.25) is 0 Å². The first kappa shape index (κ1) is 34.6. The highest BCUT2D eigenvalue weighted by molar-refractivity contribution is 5.95. The van der Waals surface area contributed by atoms with Crippen LogP contribution < -0.4 is 32.7 Å². The second-order valence-electron chi connectivity index (χ2n) is 10.6. The van der Waals surface area contributed by atoms with E-state index in [-0.39, 0.29) is 32.2 Å². The first-order valence-electron chi connectivity index (χ1n) is 14.9. The molecule has 1 aromatic heterocycles. The van der Waals surface area contributed by atoms with Gasteiger partial charge in [0.25, 0.3) is 0 Å². The molecular formula is C32H41N8O5. The van der Waals surface area contributed by atoms with Gasteiger partial charge in [0.2, 0.25) is 29.9 Å². The van der Waals surface area contributed by atoms with Crippen molar-refractivity contribution in [3.63, 3.8) is 0 Å². The molecule has 4 amide bonds. The van der Waals surface area contributed by atoms with Crippen LogP contribution in [0.3, 0.4) is 0 Å². The zero-order chi connectivity index (χ0) is 32.4. The van der Waals surface area contributed by atoms with Crippen molar-refractivity contribution in [2.24, 2.45) is 11.5 Å². The standard InChI is InChI=1S/C32H41N8O5/c33-14-8-7-13-26(39-32(45)28(38-29(42)18-34)17-24-19-35-21-36-24)30(43)40-27(16-23-11-5-2-6-12-23)31(44)37-25(20-41)15-22-9-3-1-4-10-22/h1-6,9-12,19,21,25-28H,7-8,13-18,33-34H2,(H,35,36)(H,37,44)(H,38,42)(H,39,45)(H,40,43). The van der Waals surface area contributed by atoms with Crippen LogP contribution in [0, 0.1) is 0 Å². The van der Waals surface area contributed by atoms with E-state index in [1.807, 2.05) is 66.9 Å². The number of nitrogens with one attached hydrogen (secondary N) is 5. The van der Waals surface area contributed by atoms with E-state index in [9.17, 15) is 24.0 Å². The van der Waals surface area contributed by atoms with Gasteiger partial charge in [0.1, 0.15) is 18.1 Å². The number of benzene rings is 2. The van der Waals surface area contributed by atoms with E-state index in [0.717, 1.165) is 11.1 Å². The van der Waals surface area contributed by atoms with Crippen molar-refractivity contribution in [1.82, 2.24) is 31.2 Å². The monoisotopic (exact) mass is 617 g/mol. The first-order valence-corrected chi connectivity index (χ1v) is 14.9. The number of carbonyl (C=O) groups is 4. The Hall–Kier alpha value is -4.88. The fourth-order valence-electron chi connectivity index (χ4n) is 4.68. The Morgan fingerprint density at radius 1 is 0.733 bits per heavy atom. The van der Waals surface area contributed by atoms with E-state index >= 15 is 0 Å². The number of nitrogens with two attached hydrogens (primary N) is 2. The molecule has 0 saturated carbocycles. The molecule has 13 heteroatoms. The molecule has 3 rings (SSSR count). The second kappa shape index (κ2) is 18.7. The van der Waals surface area contributed by atoms with Crippen molar-refractivity contribution >= 4 is 29.9 Å². The summed E-state index contributed by atoms with van der Waals surface area (Å²) in [6, 6.07) is 14.2. The molecule has 9 N–H and O–H groups in total. The van der Waals surface area contributed by atoms with Crippen LogP contribution in [0.15, 0.2) is 73.2 Å². The van der Waals surface area contributed by atoms with E-state index in [0.29, 0.717) is 25.1 Å². The summed E-state index contributed by atoms with van der Waals surface area (Å²) in [6.45, 7) is 0.0607. The Bertz CT molecular complexity index is 1350. The highest BCUT2D eigenvalue weighted by Crippen LogP contribution is 2.09. The number of unbranched alkanes of at least 4 members (excludes halogenated alkanes) is 1. The number of hydrogen-bond donors (Lipinski definition) is 7.